The Hall–Kier alpha value is -2.15. The molecule has 0 radical (unpaired) electrons. The van der Waals surface area contributed by atoms with E-state index in [0.29, 0.717) is 18.7 Å². The van der Waals surface area contributed by atoms with Crippen LogP contribution in [0.15, 0.2) is 24.3 Å². The summed E-state index contributed by atoms with van der Waals surface area (Å²) in [5.41, 5.74) is 0.915. The second-order valence-corrected chi connectivity index (χ2v) is 4.30. The van der Waals surface area contributed by atoms with Gasteiger partial charge in [-0.2, -0.15) is 0 Å². The molecule has 2 unspecified atom stereocenters. The summed E-state index contributed by atoms with van der Waals surface area (Å²) in [6.45, 7) is 2.34. The van der Waals surface area contributed by atoms with Crippen molar-refractivity contribution in [3.63, 3.8) is 0 Å². The predicted molar refractivity (Wildman–Crippen MR) is 70.4 cm³/mol. The number of terminal acetylenes is 1. The smallest absolute Gasteiger partial charge is 0.263 e. The highest BCUT2D eigenvalue weighted by Crippen LogP contribution is 2.28. The van der Waals surface area contributed by atoms with Crippen LogP contribution in [0, 0.1) is 12.3 Å². The Morgan fingerprint density at radius 2 is 2.44 bits per heavy atom. The Labute approximate surface area is 107 Å². The third-order valence-electron chi connectivity index (χ3n) is 2.74. The Kier molecular flexibility index (Phi) is 3.73. The van der Waals surface area contributed by atoms with Crippen LogP contribution in [0.5, 0.6) is 5.75 Å². The van der Waals surface area contributed by atoms with E-state index in [4.69, 9.17) is 11.2 Å². The second kappa shape index (κ2) is 5.46. The van der Waals surface area contributed by atoms with E-state index in [1.807, 2.05) is 31.2 Å². The SMILES string of the molecule is C#CCC(C)NC(=O)C1CNc2ccccc2O1. The van der Waals surface area contributed by atoms with Crippen molar-refractivity contribution in [2.45, 2.75) is 25.5 Å². The lowest BCUT2D eigenvalue weighted by Gasteiger charge is -2.27. The van der Waals surface area contributed by atoms with Gasteiger partial charge < -0.3 is 15.4 Å². The van der Waals surface area contributed by atoms with Crippen molar-refractivity contribution in [1.82, 2.24) is 5.32 Å². The number of rotatable bonds is 3. The maximum Gasteiger partial charge on any atom is 0.263 e. The third-order valence-corrected chi connectivity index (χ3v) is 2.74. The van der Waals surface area contributed by atoms with E-state index >= 15 is 0 Å². The van der Waals surface area contributed by atoms with Gasteiger partial charge >= 0.3 is 0 Å². The zero-order valence-electron chi connectivity index (χ0n) is 10.3. The molecular weight excluding hydrogens is 228 g/mol. The predicted octanol–water partition coefficient (Wildman–Crippen LogP) is 1.39. The van der Waals surface area contributed by atoms with Crippen LogP contribution < -0.4 is 15.4 Å². The van der Waals surface area contributed by atoms with Gasteiger partial charge in [0, 0.05) is 12.5 Å². The van der Waals surface area contributed by atoms with Crippen LogP contribution in [-0.4, -0.2) is 24.6 Å². The first-order chi connectivity index (χ1) is 8.70. The number of para-hydroxylation sites is 2. The lowest BCUT2D eigenvalue weighted by atomic mass is 10.2. The number of carbonyl (C=O) groups excluding carboxylic acids is 1. The van der Waals surface area contributed by atoms with Crippen molar-refractivity contribution < 1.29 is 9.53 Å². The number of nitrogens with one attached hydrogen (secondary N) is 2. The monoisotopic (exact) mass is 244 g/mol. The molecule has 0 bridgehead atoms. The lowest BCUT2D eigenvalue weighted by molar-refractivity contribution is -0.128. The van der Waals surface area contributed by atoms with E-state index in [1.165, 1.54) is 0 Å². The van der Waals surface area contributed by atoms with Crippen LogP contribution >= 0.6 is 0 Å². The highest BCUT2D eigenvalue weighted by atomic mass is 16.5. The summed E-state index contributed by atoms with van der Waals surface area (Å²) in [5.74, 6) is 3.08. The molecule has 18 heavy (non-hydrogen) atoms. The fraction of sp³-hybridized carbons (Fsp3) is 0.357. The van der Waals surface area contributed by atoms with Crippen LogP contribution in [0.2, 0.25) is 0 Å². The first kappa shape index (κ1) is 12.3. The number of anilines is 1. The quantitative estimate of drug-likeness (QED) is 0.790. The fourth-order valence-corrected chi connectivity index (χ4v) is 1.82. The van der Waals surface area contributed by atoms with Crippen molar-refractivity contribution in [3.05, 3.63) is 24.3 Å². The molecule has 94 valence electrons. The van der Waals surface area contributed by atoms with Gasteiger partial charge in [-0.15, -0.1) is 12.3 Å². The van der Waals surface area contributed by atoms with Gasteiger partial charge in [-0.1, -0.05) is 12.1 Å². The Balaban J connectivity index is 1.97. The van der Waals surface area contributed by atoms with Crippen LogP contribution in [0.1, 0.15) is 13.3 Å². The average Bonchev–Trinajstić information content (AvgIpc) is 2.38. The van der Waals surface area contributed by atoms with Crippen molar-refractivity contribution in [3.8, 4) is 18.1 Å². The molecule has 0 spiro atoms. The van der Waals surface area contributed by atoms with Gasteiger partial charge in [-0.25, -0.2) is 0 Å². The largest absolute Gasteiger partial charge is 0.477 e. The van der Waals surface area contributed by atoms with Crippen LogP contribution in [-0.2, 0) is 4.79 Å². The Morgan fingerprint density at radius 1 is 1.67 bits per heavy atom. The molecule has 1 aromatic rings. The number of hydrogen-bond acceptors (Lipinski definition) is 3. The van der Waals surface area contributed by atoms with Gasteiger partial charge in [-0.05, 0) is 19.1 Å². The molecule has 4 heteroatoms. The molecule has 2 rings (SSSR count). The minimum atomic E-state index is -0.514. The summed E-state index contributed by atoms with van der Waals surface area (Å²) in [6, 6.07) is 7.52. The Morgan fingerprint density at radius 3 is 3.22 bits per heavy atom. The molecule has 0 aliphatic carbocycles. The van der Waals surface area contributed by atoms with Crippen LogP contribution in [0.3, 0.4) is 0 Å². The van der Waals surface area contributed by atoms with E-state index in [1.54, 1.807) is 0 Å². The number of hydrogen-bond donors (Lipinski definition) is 2. The topological polar surface area (TPSA) is 50.4 Å². The maximum absolute atomic E-state index is 11.9. The molecule has 0 aromatic heterocycles. The van der Waals surface area contributed by atoms with Gasteiger partial charge in [0.05, 0.1) is 12.2 Å². The minimum absolute atomic E-state index is 0.0386. The van der Waals surface area contributed by atoms with Gasteiger partial charge in [-0.3, -0.25) is 4.79 Å². The minimum Gasteiger partial charge on any atom is -0.477 e. The Bertz CT molecular complexity index is 479. The average molecular weight is 244 g/mol. The normalized spacial score (nSPS) is 18.6. The van der Waals surface area contributed by atoms with E-state index in [2.05, 4.69) is 16.6 Å². The first-order valence-corrected chi connectivity index (χ1v) is 5.94. The van der Waals surface area contributed by atoms with E-state index in [0.717, 1.165) is 5.69 Å². The van der Waals surface area contributed by atoms with Gasteiger partial charge in [0.1, 0.15) is 5.75 Å². The van der Waals surface area contributed by atoms with Crippen molar-refractivity contribution >= 4 is 11.6 Å². The molecule has 0 fully saturated rings. The third kappa shape index (κ3) is 2.75. The van der Waals surface area contributed by atoms with E-state index in [9.17, 15) is 4.79 Å². The molecule has 4 nitrogen and oxygen atoms in total. The fourth-order valence-electron chi connectivity index (χ4n) is 1.82. The summed E-state index contributed by atoms with van der Waals surface area (Å²) in [5, 5.41) is 6.01. The molecule has 1 amide bonds. The van der Waals surface area contributed by atoms with Crippen LogP contribution in [0.4, 0.5) is 5.69 Å². The highest BCUT2D eigenvalue weighted by molar-refractivity contribution is 5.83. The summed E-state index contributed by atoms with van der Waals surface area (Å²) in [6.07, 6.45) is 5.20. The highest BCUT2D eigenvalue weighted by Gasteiger charge is 2.26. The van der Waals surface area contributed by atoms with Crippen molar-refractivity contribution in [2.24, 2.45) is 0 Å². The summed E-state index contributed by atoms with van der Waals surface area (Å²) in [4.78, 5) is 11.9. The molecular formula is C14H16N2O2. The van der Waals surface area contributed by atoms with Crippen molar-refractivity contribution in [1.29, 1.82) is 0 Å². The first-order valence-electron chi connectivity index (χ1n) is 5.94. The molecule has 2 atom stereocenters. The molecule has 0 saturated heterocycles. The van der Waals surface area contributed by atoms with Gasteiger partial charge in [0.15, 0.2) is 6.10 Å². The molecule has 0 saturated carbocycles. The summed E-state index contributed by atoms with van der Waals surface area (Å²) < 4.78 is 5.65. The van der Waals surface area contributed by atoms with E-state index in [-0.39, 0.29) is 11.9 Å². The second-order valence-electron chi connectivity index (χ2n) is 4.30. The summed E-state index contributed by atoms with van der Waals surface area (Å²) >= 11 is 0. The summed E-state index contributed by atoms with van der Waals surface area (Å²) in [7, 11) is 0. The zero-order valence-corrected chi connectivity index (χ0v) is 10.3. The number of benzene rings is 1. The lowest BCUT2D eigenvalue weighted by Crippen LogP contribution is -2.47. The number of amides is 1. The standard InChI is InChI=1S/C14H16N2O2/c1-3-6-10(2)16-14(17)13-9-15-11-7-4-5-8-12(11)18-13/h1,4-5,7-8,10,13,15H,6,9H2,2H3,(H,16,17). The van der Waals surface area contributed by atoms with Gasteiger partial charge in [0.2, 0.25) is 0 Å². The molecule has 1 aliphatic heterocycles. The number of ether oxygens (including phenoxy) is 1. The number of fused-ring (bicyclic) bond motifs is 1. The van der Waals surface area contributed by atoms with Crippen molar-refractivity contribution in [2.75, 3.05) is 11.9 Å². The zero-order chi connectivity index (χ0) is 13.0. The molecule has 1 aromatic carbocycles. The molecule has 1 aliphatic rings. The molecule has 2 N–H and O–H groups in total. The van der Waals surface area contributed by atoms with Gasteiger partial charge in [0.25, 0.3) is 5.91 Å². The van der Waals surface area contributed by atoms with Crippen LogP contribution in [0.25, 0.3) is 0 Å². The van der Waals surface area contributed by atoms with E-state index < -0.39 is 6.10 Å². The molecule has 1 heterocycles. The maximum atomic E-state index is 11.9. The number of carbonyl (C=O) groups is 1.